The zero-order chi connectivity index (χ0) is 27.4. The van der Waals surface area contributed by atoms with E-state index in [4.69, 9.17) is 9.51 Å². The van der Waals surface area contributed by atoms with E-state index in [-0.39, 0.29) is 24.0 Å². The third-order valence-corrected chi connectivity index (χ3v) is 7.18. The molecular formula is C32H33ClN4O3. The number of halogens is 1. The minimum Gasteiger partial charge on any atom is -0.296 e. The van der Waals surface area contributed by atoms with E-state index in [1.54, 1.807) is 0 Å². The predicted molar refractivity (Wildman–Crippen MR) is 160 cm³/mol. The van der Waals surface area contributed by atoms with E-state index >= 15 is 0 Å². The molecule has 3 aromatic carbocycles. The summed E-state index contributed by atoms with van der Waals surface area (Å²) in [5, 5.41) is 3.85. The van der Waals surface area contributed by atoms with Crippen LogP contribution in [0.1, 0.15) is 60.9 Å². The van der Waals surface area contributed by atoms with E-state index < -0.39 is 5.76 Å². The maximum Gasteiger partial charge on any atom is 0.439 e. The molecule has 0 amide bonds. The number of H-pyrrole nitrogens is 1. The van der Waals surface area contributed by atoms with Gasteiger partial charge in [-0.25, -0.2) is 9.78 Å². The zero-order valence-electron chi connectivity index (χ0n) is 22.9. The van der Waals surface area contributed by atoms with E-state index in [9.17, 15) is 9.59 Å². The molecule has 0 bridgehead atoms. The van der Waals surface area contributed by atoms with Gasteiger partial charge < -0.3 is 0 Å². The average Bonchev–Trinajstić information content (AvgIpc) is 3.40. The van der Waals surface area contributed by atoms with E-state index in [1.807, 2.05) is 90.4 Å². The topological polar surface area (TPSA) is 93.8 Å². The number of aromatic nitrogens is 4. The third kappa shape index (κ3) is 6.00. The Hall–Kier alpha value is -4.23. The van der Waals surface area contributed by atoms with E-state index in [0.29, 0.717) is 12.2 Å². The first-order chi connectivity index (χ1) is 19.0. The molecular weight excluding hydrogens is 524 g/mol. The fourth-order valence-electron chi connectivity index (χ4n) is 5.09. The summed E-state index contributed by atoms with van der Waals surface area (Å²) in [5.74, 6) is 0.538. The van der Waals surface area contributed by atoms with Gasteiger partial charge in [-0.3, -0.25) is 18.9 Å². The standard InChI is InChI=1S/C32H32N4O3.ClH/c1-4-5-15-29-28(31(37)36(22(3)33-29)21(2)24-11-7-6-8-12-24)20-23-16-18-25(19-17-23)26-13-9-10-14-27(26)30-34-32(38)39-35-30;/h6-14,16-19,21H,4-5,15,20H2,1-3H3,(H,34,35,38);1H. The smallest absolute Gasteiger partial charge is 0.296 e. The summed E-state index contributed by atoms with van der Waals surface area (Å²) in [6, 6.07) is 25.8. The van der Waals surface area contributed by atoms with Crippen LogP contribution in [0.2, 0.25) is 0 Å². The van der Waals surface area contributed by atoms with Crippen molar-refractivity contribution in [2.45, 2.75) is 52.5 Å². The molecule has 0 saturated heterocycles. The summed E-state index contributed by atoms with van der Waals surface area (Å²) in [6.07, 6.45) is 3.31. The molecule has 8 heteroatoms. The number of nitrogens with one attached hydrogen (secondary N) is 1. The van der Waals surface area contributed by atoms with E-state index in [1.165, 1.54) is 0 Å². The first kappa shape index (κ1) is 28.8. The second-order valence-electron chi connectivity index (χ2n) is 9.81. The second kappa shape index (κ2) is 12.7. The van der Waals surface area contributed by atoms with Crippen LogP contribution in [0.25, 0.3) is 22.5 Å². The summed E-state index contributed by atoms with van der Waals surface area (Å²) in [4.78, 5) is 33.0. The molecule has 0 aliphatic carbocycles. The van der Waals surface area contributed by atoms with Crippen molar-refractivity contribution in [1.29, 1.82) is 0 Å². The molecule has 40 heavy (non-hydrogen) atoms. The van der Waals surface area contributed by atoms with E-state index in [0.717, 1.165) is 64.2 Å². The van der Waals surface area contributed by atoms with Gasteiger partial charge in [-0.1, -0.05) is 97.4 Å². The van der Waals surface area contributed by atoms with Crippen LogP contribution in [0.4, 0.5) is 0 Å². The van der Waals surface area contributed by atoms with Crippen molar-refractivity contribution in [3.05, 3.63) is 128 Å². The van der Waals surface area contributed by atoms with Crippen molar-refractivity contribution in [3.8, 4) is 22.5 Å². The highest BCUT2D eigenvalue weighted by Gasteiger charge is 2.20. The van der Waals surface area contributed by atoms with Gasteiger partial charge in [-0.05, 0) is 48.9 Å². The highest BCUT2D eigenvalue weighted by molar-refractivity contribution is 5.85. The van der Waals surface area contributed by atoms with Crippen LogP contribution in [0.5, 0.6) is 0 Å². The summed E-state index contributed by atoms with van der Waals surface area (Å²) in [6.45, 7) is 6.13. The van der Waals surface area contributed by atoms with Crippen molar-refractivity contribution in [2.75, 3.05) is 0 Å². The fraction of sp³-hybridized carbons (Fsp3) is 0.250. The number of rotatable bonds is 9. The lowest BCUT2D eigenvalue weighted by Crippen LogP contribution is -2.32. The number of hydrogen-bond donors (Lipinski definition) is 1. The molecule has 0 radical (unpaired) electrons. The van der Waals surface area contributed by atoms with Gasteiger partial charge in [0.1, 0.15) is 5.82 Å². The second-order valence-corrected chi connectivity index (χ2v) is 9.81. The van der Waals surface area contributed by atoms with Gasteiger partial charge in [0, 0.05) is 17.5 Å². The highest BCUT2D eigenvalue weighted by atomic mass is 35.5. The van der Waals surface area contributed by atoms with Crippen molar-refractivity contribution in [1.82, 2.24) is 19.7 Å². The van der Waals surface area contributed by atoms with Crippen LogP contribution >= 0.6 is 12.4 Å². The highest BCUT2D eigenvalue weighted by Crippen LogP contribution is 2.30. The Morgan fingerprint density at radius 2 is 1.60 bits per heavy atom. The van der Waals surface area contributed by atoms with Gasteiger partial charge in [-0.15, -0.1) is 12.4 Å². The zero-order valence-corrected chi connectivity index (χ0v) is 23.7. The largest absolute Gasteiger partial charge is 0.439 e. The number of aryl methyl sites for hydroxylation is 2. The minimum atomic E-state index is -0.590. The van der Waals surface area contributed by atoms with Crippen LogP contribution in [0.15, 0.2) is 93.0 Å². The predicted octanol–water partition coefficient (Wildman–Crippen LogP) is 6.53. The summed E-state index contributed by atoms with van der Waals surface area (Å²) >= 11 is 0. The van der Waals surface area contributed by atoms with Gasteiger partial charge in [0.2, 0.25) is 0 Å². The first-order valence-corrected chi connectivity index (χ1v) is 13.4. The molecule has 1 unspecified atom stereocenters. The van der Waals surface area contributed by atoms with Crippen LogP contribution in [-0.4, -0.2) is 19.7 Å². The Balaban J connectivity index is 0.00000370. The van der Waals surface area contributed by atoms with Crippen LogP contribution in [0, 0.1) is 6.92 Å². The molecule has 0 saturated carbocycles. The molecule has 0 aliphatic heterocycles. The molecule has 0 spiro atoms. The maximum absolute atomic E-state index is 14.0. The monoisotopic (exact) mass is 556 g/mol. The van der Waals surface area contributed by atoms with Crippen molar-refractivity contribution in [2.24, 2.45) is 0 Å². The maximum atomic E-state index is 14.0. The Morgan fingerprint density at radius 1 is 0.925 bits per heavy atom. The van der Waals surface area contributed by atoms with Gasteiger partial charge in [0.25, 0.3) is 5.56 Å². The molecule has 5 rings (SSSR count). The molecule has 0 fully saturated rings. The van der Waals surface area contributed by atoms with Crippen molar-refractivity contribution in [3.63, 3.8) is 0 Å². The quantitative estimate of drug-likeness (QED) is 0.223. The van der Waals surface area contributed by atoms with Gasteiger partial charge in [0.05, 0.1) is 11.7 Å². The molecule has 206 valence electrons. The summed E-state index contributed by atoms with van der Waals surface area (Å²) in [7, 11) is 0. The van der Waals surface area contributed by atoms with Crippen molar-refractivity contribution < 1.29 is 4.52 Å². The Kier molecular flexibility index (Phi) is 9.17. The third-order valence-electron chi connectivity index (χ3n) is 7.18. The number of benzene rings is 3. The fourth-order valence-corrected chi connectivity index (χ4v) is 5.09. The Labute approximate surface area is 239 Å². The number of hydrogen-bond acceptors (Lipinski definition) is 5. The molecule has 2 aromatic heterocycles. The Morgan fingerprint density at radius 3 is 2.25 bits per heavy atom. The minimum absolute atomic E-state index is 0. The van der Waals surface area contributed by atoms with Crippen LogP contribution < -0.4 is 11.3 Å². The van der Waals surface area contributed by atoms with Crippen LogP contribution in [0.3, 0.4) is 0 Å². The number of unbranched alkanes of at least 4 members (excludes halogenated alkanes) is 1. The summed E-state index contributed by atoms with van der Waals surface area (Å²) < 4.78 is 6.53. The Bertz CT molecular complexity index is 1690. The lowest BCUT2D eigenvalue weighted by atomic mass is 9.96. The van der Waals surface area contributed by atoms with E-state index in [2.05, 4.69) is 24.0 Å². The lowest BCUT2D eigenvalue weighted by Gasteiger charge is -2.21. The molecule has 1 atom stereocenters. The molecule has 5 aromatic rings. The number of aromatic amines is 1. The average molecular weight is 557 g/mol. The molecule has 2 heterocycles. The molecule has 0 aliphatic rings. The molecule has 1 N–H and O–H groups in total. The first-order valence-electron chi connectivity index (χ1n) is 13.4. The molecule has 7 nitrogen and oxygen atoms in total. The lowest BCUT2D eigenvalue weighted by molar-refractivity contribution is 0.388. The van der Waals surface area contributed by atoms with Crippen LogP contribution in [-0.2, 0) is 12.8 Å². The van der Waals surface area contributed by atoms with Gasteiger partial charge in [0.15, 0.2) is 5.82 Å². The van der Waals surface area contributed by atoms with Crippen molar-refractivity contribution >= 4 is 12.4 Å². The van der Waals surface area contributed by atoms with Gasteiger partial charge >= 0.3 is 5.76 Å². The normalized spacial score (nSPS) is 11.7. The number of nitrogens with zero attached hydrogens (tertiary/aromatic N) is 3. The SMILES string of the molecule is CCCCc1nc(C)n(C(C)c2ccccc2)c(=O)c1Cc1ccc(-c2ccccc2-c2noc(=O)[nH]2)cc1.Cl. The van der Waals surface area contributed by atoms with Gasteiger partial charge in [-0.2, -0.15) is 0 Å². The summed E-state index contributed by atoms with van der Waals surface area (Å²) in [5.41, 5.74) is 6.45.